The molecule has 29 heavy (non-hydrogen) atoms. The fraction of sp³-hybridized carbons (Fsp3) is 0.476. The average Bonchev–Trinajstić information content (AvgIpc) is 3.01. The third kappa shape index (κ3) is 7.83. The zero-order valence-electron chi connectivity index (χ0n) is 18.0. The van der Waals surface area contributed by atoms with E-state index in [1.165, 1.54) is 4.88 Å². The largest absolute Gasteiger partial charge is 0.357 e. The standard InChI is InChI=1S/C21H32N6OS/c1-6-22-21(25-14-19-26-15(2)16(3)29-19)24-13-17-8-7-9-18(12-17)20(28)23-10-11-27(4)5/h7-9,12H,6,10-11,13-14H2,1-5H3,(H,23,28)(H2,22,24,25). The van der Waals surface area contributed by atoms with E-state index >= 15 is 0 Å². The number of aromatic nitrogens is 1. The Balaban J connectivity index is 1.96. The fourth-order valence-electron chi connectivity index (χ4n) is 2.59. The summed E-state index contributed by atoms with van der Waals surface area (Å²) in [5.74, 6) is 0.677. The first-order valence-corrected chi connectivity index (χ1v) is 10.7. The number of amides is 1. The predicted octanol–water partition coefficient (Wildman–Crippen LogP) is 2.31. The lowest BCUT2D eigenvalue weighted by molar-refractivity contribution is 0.0951. The van der Waals surface area contributed by atoms with Crippen LogP contribution in [0, 0.1) is 13.8 Å². The molecule has 0 unspecified atom stereocenters. The predicted molar refractivity (Wildman–Crippen MR) is 121 cm³/mol. The molecular weight excluding hydrogens is 384 g/mol. The molecule has 0 bridgehead atoms. The quantitative estimate of drug-likeness (QED) is 0.432. The van der Waals surface area contributed by atoms with Crippen LogP contribution in [-0.2, 0) is 13.1 Å². The number of guanidine groups is 1. The van der Waals surface area contributed by atoms with E-state index in [0.717, 1.165) is 35.3 Å². The van der Waals surface area contributed by atoms with Crippen molar-refractivity contribution in [2.75, 3.05) is 33.7 Å². The Labute approximate surface area is 177 Å². The van der Waals surface area contributed by atoms with E-state index in [-0.39, 0.29) is 5.91 Å². The Bertz CT molecular complexity index is 811. The van der Waals surface area contributed by atoms with Gasteiger partial charge in [-0.1, -0.05) is 12.1 Å². The van der Waals surface area contributed by atoms with Crippen LogP contribution >= 0.6 is 11.3 Å². The maximum Gasteiger partial charge on any atom is 0.251 e. The van der Waals surface area contributed by atoms with Crippen LogP contribution in [0.1, 0.15) is 38.4 Å². The smallest absolute Gasteiger partial charge is 0.251 e. The Kier molecular flexibility index (Phi) is 9.08. The van der Waals surface area contributed by atoms with Crippen LogP contribution in [0.5, 0.6) is 0 Å². The van der Waals surface area contributed by atoms with Crippen LogP contribution < -0.4 is 16.0 Å². The highest BCUT2D eigenvalue weighted by Gasteiger charge is 2.07. The Morgan fingerprint density at radius 2 is 2.00 bits per heavy atom. The summed E-state index contributed by atoms with van der Waals surface area (Å²) in [7, 11) is 3.97. The van der Waals surface area contributed by atoms with Gasteiger partial charge in [-0.25, -0.2) is 9.98 Å². The SMILES string of the molecule is CCNC(=NCc1cccc(C(=O)NCCN(C)C)c1)NCc1nc(C)c(C)s1. The summed E-state index contributed by atoms with van der Waals surface area (Å²) in [6.45, 7) is 9.48. The van der Waals surface area contributed by atoms with Crippen molar-refractivity contribution in [3.8, 4) is 0 Å². The third-order valence-corrected chi connectivity index (χ3v) is 5.35. The lowest BCUT2D eigenvalue weighted by atomic mass is 10.1. The second-order valence-electron chi connectivity index (χ2n) is 7.06. The summed E-state index contributed by atoms with van der Waals surface area (Å²) < 4.78 is 0. The number of likely N-dealkylation sites (N-methyl/N-ethyl adjacent to an activating group) is 1. The van der Waals surface area contributed by atoms with Crippen LogP contribution in [0.25, 0.3) is 0 Å². The maximum absolute atomic E-state index is 12.3. The third-order valence-electron chi connectivity index (χ3n) is 4.28. The van der Waals surface area contributed by atoms with E-state index in [9.17, 15) is 4.79 Å². The molecule has 2 rings (SSSR count). The van der Waals surface area contributed by atoms with Crippen LogP contribution in [0.2, 0.25) is 0 Å². The maximum atomic E-state index is 12.3. The molecule has 3 N–H and O–H groups in total. The molecule has 1 aromatic carbocycles. The number of hydrogen-bond donors (Lipinski definition) is 3. The van der Waals surface area contributed by atoms with E-state index in [1.54, 1.807) is 11.3 Å². The molecule has 0 fully saturated rings. The van der Waals surface area contributed by atoms with E-state index in [4.69, 9.17) is 0 Å². The lowest BCUT2D eigenvalue weighted by Crippen LogP contribution is -2.36. The minimum absolute atomic E-state index is 0.0581. The van der Waals surface area contributed by atoms with Gasteiger partial charge in [-0.2, -0.15) is 0 Å². The average molecular weight is 417 g/mol. The number of aryl methyl sites for hydroxylation is 2. The summed E-state index contributed by atoms with van der Waals surface area (Å²) in [4.78, 5) is 24.8. The molecule has 7 nitrogen and oxygen atoms in total. The van der Waals surface area contributed by atoms with Gasteiger partial charge in [-0.15, -0.1) is 11.3 Å². The highest BCUT2D eigenvalue weighted by molar-refractivity contribution is 7.11. The van der Waals surface area contributed by atoms with E-state index in [1.807, 2.05) is 57.1 Å². The molecule has 0 atom stereocenters. The van der Waals surface area contributed by atoms with Crippen molar-refractivity contribution in [1.82, 2.24) is 25.8 Å². The van der Waals surface area contributed by atoms with Gasteiger partial charge < -0.3 is 20.9 Å². The zero-order chi connectivity index (χ0) is 21.2. The number of aliphatic imine (C=N–C) groups is 1. The summed E-state index contributed by atoms with van der Waals surface area (Å²) in [6, 6.07) is 7.60. The Morgan fingerprint density at radius 3 is 2.66 bits per heavy atom. The van der Waals surface area contributed by atoms with Gasteiger partial charge in [0.05, 0.1) is 18.8 Å². The molecule has 1 heterocycles. The summed E-state index contributed by atoms with van der Waals surface area (Å²) in [5.41, 5.74) is 2.72. The second kappa shape index (κ2) is 11.5. The monoisotopic (exact) mass is 416 g/mol. The Hall–Kier alpha value is -2.45. The van der Waals surface area contributed by atoms with E-state index in [0.29, 0.717) is 25.2 Å². The number of hydrogen-bond acceptors (Lipinski definition) is 5. The van der Waals surface area contributed by atoms with Gasteiger partial charge in [0.1, 0.15) is 5.01 Å². The van der Waals surface area contributed by atoms with E-state index < -0.39 is 0 Å². The van der Waals surface area contributed by atoms with Crippen molar-refractivity contribution in [3.63, 3.8) is 0 Å². The Morgan fingerprint density at radius 1 is 1.21 bits per heavy atom. The van der Waals surface area contributed by atoms with E-state index in [2.05, 4.69) is 32.9 Å². The van der Waals surface area contributed by atoms with Gasteiger partial charge in [0.2, 0.25) is 0 Å². The number of thiazole rings is 1. The van der Waals surface area contributed by atoms with Gasteiger partial charge >= 0.3 is 0 Å². The van der Waals surface area contributed by atoms with Crippen LogP contribution in [0.3, 0.4) is 0 Å². The van der Waals surface area contributed by atoms with Crippen molar-refractivity contribution in [3.05, 3.63) is 51.0 Å². The topological polar surface area (TPSA) is 81.7 Å². The highest BCUT2D eigenvalue weighted by atomic mass is 32.1. The fourth-order valence-corrected chi connectivity index (χ4v) is 3.47. The molecule has 0 aliphatic carbocycles. The number of nitrogens with one attached hydrogen (secondary N) is 3. The zero-order valence-corrected chi connectivity index (χ0v) is 18.8. The van der Waals surface area contributed by atoms with Gasteiger partial charge in [0.15, 0.2) is 5.96 Å². The summed E-state index contributed by atoms with van der Waals surface area (Å²) in [6.07, 6.45) is 0. The number of carbonyl (C=O) groups is 1. The molecule has 2 aromatic rings. The van der Waals surface area contributed by atoms with Crippen LogP contribution in [0.15, 0.2) is 29.3 Å². The second-order valence-corrected chi connectivity index (χ2v) is 8.35. The molecule has 0 aliphatic rings. The molecule has 0 spiro atoms. The van der Waals surface area contributed by atoms with Gasteiger partial charge in [0.25, 0.3) is 5.91 Å². The van der Waals surface area contributed by atoms with Crippen molar-refractivity contribution < 1.29 is 4.79 Å². The van der Waals surface area contributed by atoms with Gasteiger partial charge in [-0.3, -0.25) is 4.79 Å². The molecule has 0 aliphatic heterocycles. The lowest BCUT2D eigenvalue weighted by Gasteiger charge is -2.11. The molecule has 158 valence electrons. The van der Waals surface area contributed by atoms with Crippen molar-refractivity contribution in [2.45, 2.75) is 33.9 Å². The van der Waals surface area contributed by atoms with Gasteiger partial charge in [-0.05, 0) is 52.6 Å². The molecule has 0 radical (unpaired) electrons. The first-order chi connectivity index (χ1) is 13.9. The first kappa shape index (κ1) is 22.8. The number of rotatable bonds is 9. The summed E-state index contributed by atoms with van der Waals surface area (Å²) >= 11 is 1.70. The van der Waals surface area contributed by atoms with Crippen LogP contribution in [0.4, 0.5) is 0 Å². The number of nitrogens with zero attached hydrogens (tertiary/aromatic N) is 3. The molecule has 0 saturated heterocycles. The molecule has 0 saturated carbocycles. The van der Waals surface area contributed by atoms with Crippen molar-refractivity contribution >= 4 is 23.2 Å². The van der Waals surface area contributed by atoms with Crippen molar-refractivity contribution in [1.29, 1.82) is 0 Å². The van der Waals surface area contributed by atoms with Crippen LogP contribution in [-0.4, -0.2) is 55.5 Å². The molecule has 8 heteroatoms. The number of carbonyl (C=O) groups excluding carboxylic acids is 1. The summed E-state index contributed by atoms with van der Waals surface area (Å²) in [5, 5.41) is 10.6. The highest BCUT2D eigenvalue weighted by Crippen LogP contribution is 2.15. The minimum Gasteiger partial charge on any atom is -0.357 e. The molecule has 1 aromatic heterocycles. The number of benzene rings is 1. The normalized spacial score (nSPS) is 11.6. The van der Waals surface area contributed by atoms with Gasteiger partial charge in [0, 0.05) is 30.1 Å². The minimum atomic E-state index is -0.0581. The first-order valence-electron chi connectivity index (χ1n) is 9.86. The molecular formula is C21H32N6OS. The van der Waals surface area contributed by atoms with Crippen molar-refractivity contribution in [2.24, 2.45) is 4.99 Å². The molecule has 1 amide bonds.